The summed E-state index contributed by atoms with van der Waals surface area (Å²) in [5, 5.41) is 0. The zero-order valence-corrected chi connectivity index (χ0v) is 9.85. The summed E-state index contributed by atoms with van der Waals surface area (Å²) in [6, 6.07) is 0. The van der Waals surface area contributed by atoms with Crippen LogP contribution in [0.3, 0.4) is 0 Å². The monoisotopic (exact) mass is 252 g/mol. The SMILES string of the molecule is C[O][Zr]([Cl])([O]C)[C]1=CC=CC1. The average Bonchev–Trinajstić information content (AvgIpc) is 2.55. The van der Waals surface area contributed by atoms with Crippen molar-refractivity contribution in [3.05, 3.63) is 21.5 Å². The van der Waals surface area contributed by atoms with E-state index in [4.69, 9.17) is 14.1 Å². The third-order valence-corrected chi connectivity index (χ3v) is 10.3. The molecule has 0 fully saturated rings. The van der Waals surface area contributed by atoms with E-state index in [9.17, 15) is 0 Å². The minimum absolute atomic E-state index is 0.890. The quantitative estimate of drug-likeness (QED) is 0.768. The van der Waals surface area contributed by atoms with Crippen LogP contribution >= 0.6 is 8.51 Å². The summed E-state index contributed by atoms with van der Waals surface area (Å²) in [6.45, 7) is 0. The fraction of sp³-hybridized carbons (Fsp3) is 0.429. The van der Waals surface area contributed by atoms with E-state index in [2.05, 4.69) is 6.08 Å². The molecule has 0 unspecified atom stereocenters. The van der Waals surface area contributed by atoms with Gasteiger partial charge in [0, 0.05) is 0 Å². The van der Waals surface area contributed by atoms with Gasteiger partial charge in [-0.3, -0.25) is 0 Å². The fourth-order valence-corrected chi connectivity index (χ4v) is 5.16. The molecule has 0 atom stereocenters. The summed E-state index contributed by atoms with van der Waals surface area (Å²) < 4.78 is 11.6. The van der Waals surface area contributed by atoms with Crippen LogP contribution in [0.2, 0.25) is 0 Å². The molecular weight excluding hydrogens is 243 g/mol. The van der Waals surface area contributed by atoms with E-state index in [1.54, 1.807) is 14.2 Å². The molecule has 1 aliphatic rings. The van der Waals surface area contributed by atoms with Gasteiger partial charge in [-0.2, -0.15) is 0 Å². The number of hydrogen-bond donors (Lipinski definition) is 0. The van der Waals surface area contributed by atoms with Gasteiger partial charge in [-0.25, -0.2) is 0 Å². The second-order valence-corrected chi connectivity index (χ2v) is 11.4. The maximum atomic E-state index is 6.17. The molecule has 0 radical (unpaired) electrons. The van der Waals surface area contributed by atoms with Crippen LogP contribution in [0.25, 0.3) is 0 Å². The summed E-state index contributed by atoms with van der Waals surface area (Å²) in [5.74, 6) is 0. The molecule has 1 rings (SSSR count). The molecule has 0 spiro atoms. The van der Waals surface area contributed by atoms with Gasteiger partial charge in [-0.1, -0.05) is 0 Å². The first kappa shape index (κ1) is 9.66. The summed E-state index contributed by atoms with van der Waals surface area (Å²) >= 11 is -3.22. The Morgan fingerprint density at radius 2 is 2.09 bits per heavy atom. The van der Waals surface area contributed by atoms with E-state index in [0.29, 0.717) is 0 Å². The maximum absolute atomic E-state index is 6.17. The Morgan fingerprint density at radius 1 is 1.45 bits per heavy atom. The van der Waals surface area contributed by atoms with Crippen LogP contribution in [-0.4, -0.2) is 14.2 Å². The van der Waals surface area contributed by atoms with Gasteiger partial charge in [0.15, 0.2) is 0 Å². The van der Waals surface area contributed by atoms with Crippen LogP contribution in [0.1, 0.15) is 6.42 Å². The van der Waals surface area contributed by atoms with Crippen LogP contribution in [0, 0.1) is 0 Å². The van der Waals surface area contributed by atoms with Gasteiger partial charge in [0.25, 0.3) is 0 Å². The number of rotatable bonds is 3. The van der Waals surface area contributed by atoms with Crippen molar-refractivity contribution in [3.8, 4) is 0 Å². The van der Waals surface area contributed by atoms with E-state index in [0.717, 1.165) is 9.70 Å². The number of hydrogen-bond acceptors (Lipinski definition) is 2. The van der Waals surface area contributed by atoms with Crippen LogP contribution < -0.4 is 0 Å². The van der Waals surface area contributed by atoms with E-state index >= 15 is 0 Å². The first-order chi connectivity index (χ1) is 5.23. The molecule has 11 heavy (non-hydrogen) atoms. The molecule has 0 aromatic rings. The second kappa shape index (κ2) is 4.00. The van der Waals surface area contributed by atoms with Gasteiger partial charge in [-0.15, -0.1) is 0 Å². The second-order valence-electron chi connectivity index (χ2n) is 2.27. The van der Waals surface area contributed by atoms with Crippen molar-refractivity contribution in [3.63, 3.8) is 0 Å². The summed E-state index contributed by atoms with van der Waals surface area (Å²) in [5.41, 5.74) is 0. The Bertz CT molecular complexity index is 197. The summed E-state index contributed by atoms with van der Waals surface area (Å²) in [4.78, 5) is 0. The van der Waals surface area contributed by atoms with Crippen molar-refractivity contribution < 1.29 is 25.6 Å². The predicted octanol–water partition coefficient (Wildman–Crippen LogP) is 2.26. The van der Waals surface area contributed by atoms with Gasteiger partial charge in [0.05, 0.1) is 0 Å². The zero-order chi connectivity index (χ0) is 8.32. The van der Waals surface area contributed by atoms with Gasteiger partial charge < -0.3 is 0 Å². The number of allylic oxidation sites excluding steroid dienone is 4. The Labute approximate surface area is 76.0 Å². The van der Waals surface area contributed by atoms with Crippen molar-refractivity contribution in [2.24, 2.45) is 0 Å². The molecule has 0 saturated heterocycles. The van der Waals surface area contributed by atoms with Crippen molar-refractivity contribution >= 4 is 8.51 Å². The Hall–Kier alpha value is 0.573. The Morgan fingerprint density at radius 3 is 2.45 bits per heavy atom. The topological polar surface area (TPSA) is 18.5 Å². The predicted molar refractivity (Wildman–Crippen MR) is 41.7 cm³/mol. The standard InChI is InChI=1S/C5H5.2CH3O.ClH.Zr/c1-2-4-5-3-1;2*1-2;;/h1-3H,4H2;2*1H3;1H;/q;2*-1;;+3/p-1. The van der Waals surface area contributed by atoms with Gasteiger partial charge in [-0.05, 0) is 0 Å². The van der Waals surface area contributed by atoms with Crippen LogP contribution in [0.5, 0.6) is 0 Å². The third-order valence-electron chi connectivity index (χ3n) is 1.68. The van der Waals surface area contributed by atoms with Crippen molar-refractivity contribution in [2.75, 3.05) is 14.2 Å². The average molecular weight is 254 g/mol. The van der Waals surface area contributed by atoms with E-state index in [1.165, 1.54) is 0 Å². The molecule has 2 nitrogen and oxygen atoms in total. The van der Waals surface area contributed by atoms with Gasteiger partial charge in [0.1, 0.15) is 0 Å². The molecule has 0 bridgehead atoms. The fourth-order valence-electron chi connectivity index (χ4n) is 1.01. The third kappa shape index (κ3) is 2.03. The normalized spacial score (nSPS) is 17.2. The molecule has 62 valence electrons. The Kier molecular flexibility index (Phi) is 3.51. The molecule has 0 amide bonds. The number of halogens is 1. The van der Waals surface area contributed by atoms with Crippen molar-refractivity contribution in [2.45, 2.75) is 6.42 Å². The zero-order valence-electron chi connectivity index (χ0n) is 6.63. The molecule has 0 saturated carbocycles. The van der Waals surface area contributed by atoms with Gasteiger partial charge >= 0.3 is 76.2 Å². The molecule has 0 aliphatic heterocycles. The van der Waals surface area contributed by atoms with E-state index in [1.807, 2.05) is 12.2 Å². The molecule has 0 heterocycles. The molecule has 0 N–H and O–H groups in total. The van der Waals surface area contributed by atoms with Crippen LogP contribution in [-0.2, 0) is 25.6 Å². The van der Waals surface area contributed by atoms with Gasteiger partial charge in [0.2, 0.25) is 0 Å². The van der Waals surface area contributed by atoms with E-state index < -0.39 is 20.0 Å². The minimum atomic E-state index is -3.22. The van der Waals surface area contributed by atoms with Crippen molar-refractivity contribution in [1.82, 2.24) is 0 Å². The Balaban J connectivity index is 2.70. The molecular formula is C7H11ClO2Zr. The summed E-state index contributed by atoms with van der Waals surface area (Å²) in [6.07, 6.45) is 6.93. The molecule has 0 aromatic carbocycles. The van der Waals surface area contributed by atoms with E-state index in [-0.39, 0.29) is 0 Å². The van der Waals surface area contributed by atoms with Crippen molar-refractivity contribution in [1.29, 1.82) is 0 Å². The summed E-state index contributed by atoms with van der Waals surface area (Å²) in [7, 11) is 9.41. The molecule has 1 aliphatic carbocycles. The first-order valence-electron chi connectivity index (χ1n) is 3.38. The molecule has 0 aromatic heterocycles. The first-order valence-corrected chi connectivity index (χ1v) is 9.78. The van der Waals surface area contributed by atoms with Crippen LogP contribution in [0.15, 0.2) is 21.5 Å². The van der Waals surface area contributed by atoms with Crippen LogP contribution in [0.4, 0.5) is 0 Å². The molecule has 4 heteroatoms.